The summed E-state index contributed by atoms with van der Waals surface area (Å²) in [5, 5.41) is 3.66. The van der Waals surface area contributed by atoms with Crippen LogP contribution in [0.5, 0.6) is 0 Å². The number of carbonyl (C=O) groups is 1. The summed E-state index contributed by atoms with van der Waals surface area (Å²) in [6, 6.07) is 11.2. The fourth-order valence-corrected chi connectivity index (χ4v) is 4.09. The lowest BCUT2D eigenvalue weighted by atomic mass is 10.1. The molecule has 1 amide bonds. The topological polar surface area (TPSA) is 57.2 Å². The van der Waals surface area contributed by atoms with Gasteiger partial charge in [-0.05, 0) is 31.7 Å². The highest BCUT2D eigenvalue weighted by atomic mass is 127. The fourth-order valence-electron chi connectivity index (χ4n) is 4.09. The molecule has 154 valence electrons. The minimum absolute atomic E-state index is 0. The van der Waals surface area contributed by atoms with Crippen molar-refractivity contribution in [2.75, 3.05) is 39.3 Å². The first kappa shape index (κ1) is 21.4. The number of halogens is 1. The van der Waals surface area contributed by atoms with Crippen LogP contribution in [-0.2, 0) is 9.53 Å². The van der Waals surface area contributed by atoms with Crippen molar-refractivity contribution < 1.29 is 9.53 Å². The number of hydrogen-bond donors (Lipinski definition) is 1. The van der Waals surface area contributed by atoms with E-state index in [9.17, 15) is 4.79 Å². The first-order valence-electron chi connectivity index (χ1n) is 10.3. The second kappa shape index (κ2) is 9.91. The summed E-state index contributed by atoms with van der Waals surface area (Å²) in [7, 11) is 0. The summed E-state index contributed by atoms with van der Waals surface area (Å²) in [5.41, 5.74) is 1.40. The van der Waals surface area contributed by atoms with Gasteiger partial charge in [-0.3, -0.25) is 9.79 Å². The first-order chi connectivity index (χ1) is 13.3. The Labute approximate surface area is 184 Å². The predicted molar refractivity (Wildman–Crippen MR) is 121 cm³/mol. The molecular formula is C21H31IN4O2. The van der Waals surface area contributed by atoms with Gasteiger partial charge in [0.05, 0.1) is 0 Å². The number of carbonyl (C=O) groups excluding carboxylic acids is 1. The van der Waals surface area contributed by atoms with E-state index in [1.807, 2.05) is 4.90 Å². The van der Waals surface area contributed by atoms with E-state index in [1.165, 1.54) is 5.56 Å². The van der Waals surface area contributed by atoms with E-state index < -0.39 is 0 Å². The Morgan fingerprint density at radius 2 is 1.89 bits per heavy atom. The molecule has 3 atom stereocenters. The predicted octanol–water partition coefficient (Wildman–Crippen LogP) is 2.45. The summed E-state index contributed by atoms with van der Waals surface area (Å²) >= 11 is 0. The van der Waals surface area contributed by atoms with Crippen molar-refractivity contribution in [3.63, 3.8) is 0 Å². The van der Waals surface area contributed by atoms with Crippen molar-refractivity contribution in [1.29, 1.82) is 0 Å². The van der Waals surface area contributed by atoms with Gasteiger partial charge < -0.3 is 19.9 Å². The van der Waals surface area contributed by atoms with Crippen LogP contribution in [0.2, 0.25) is 0 Å². The number of piperazine rings is 1. The van der Waals surface area contributed by atoms with E-state index in [-0.39, 0.29) is 36.0 Å². The van der Waals surface area contributed by atoms with Crippen molar-refractivity contribution in [2.24, 2.45) is 4.99 Å². The number of ether oxygens (including phenoxy) is 1. The molecule has 0 spiro atoms. The standard InChI is InChI=1S/C21H30N4O2.HI/c1-2-22-21(23-18-15-17(18)16-7-4-3-5-8-16)25-12-10-24(11-13-25)20(26)19-9-6-14-27-19;/h3-5,7-8,17-19H,2,6,9-15H2,1H3,(H,22,23);1H. The van der Waals surface area contributed by atoms with Gasteiger partial charge in [-0.25, -0.2) is 0 Å². The zero-order valence-corrected chi connectivity index (χ0v) is 18.9. The van der Waals surface area contributed by atoms with Crippen molar-refractivity contribution in [1.82, 2.24) is 15.1 Å². The summed E-state index contributed by atoms with van der Waals surface area (Å²) in [5.74, 6) is 1.74. The second-order valence-corrected chi connectivity index (χ2v) is 7.62. The van der Waals surface area contributed by atoms with E-state index in [0.29, 0.717) is 12.0 Å². The Bertz CT molecular complexity index is 670. The molecule has 3 aliphatic rings. The van der Waals surface area contributed by atoms with E-state index in [2.05, 4.69) is 47.5 Å². The van der Waals surface area contributed by atoms with Crippen LogP contribution in [0.1, 0.15) is 37.7 Å². The Morgan fingerprint density at radius 1 is 1.18 bits per heavy atom. The van der Waals surface area contributed by atoms with Gasteiger partial charge in [-0.15, -0.1) is 24.0 Å². The maximum atomic E-state index is 12.5. The summed E-state index contributed by atoms with van der Waals surface area (Å²) in [6.07, 6.45) is 2.81. The number of guanidine groups is 1. The molecule has 7 heteroatoms. The van der Waals surface area contributed by atoms with Gasteiger partial charge in [0.2, 0.25) is 0 Å². The minimum atomic E-state index is -0.212. The Balaban J connectivity index is 0.00000225. The Morgan fingerprint density at radius 3 is 2.54 bits per heavy atom. The lowest BCUT2D eigenvalue weighted by Gasteiger charge is -2.37. The number of nitrogens with zero attached hydrogens (tertiary/aromatic N) is 3. The normalized spacial score (nSPS) is 27.3. The Hall–Kier alpha value is -1.35. The van der Waals surface area contributed by atoms with E-state index in [1.54, 1.807) is 0 Å². The molecule has 28 heavy (non-hydrogen) atoms. The number of benzene rings is 1. The fraction of sp³-hybridized carbons (Fsp3) is 0.619. The van der Waals surface area contributed by atoms with Crippen LogP contribution in [0.15, 0.2) is 35.3 Å². The largest absolute Gasteiger partial charge is 0.368 e. The lowest BCUT2D eigenvalue weighted by molar-refractivity contribution is -0.142. The van der Waals surface area contributed by atoms with Crippen molar-refractivity contribution in [3.8, 4) is 0 Å². The maximum Gasteiger partial charge on any atom is 0.251 e. The molecule has 1 aromatic rings. The monoisotopic (exact) mass is 498 g/mol. The summed E-state index contributed by atoms with van der Waals surface area (Å²) < 4.78 is 5.55. The van der Waals surface area contributed by atoms with Gasteiger partial charge in [0.25, 0.3) is 5.91 Å². The molecule has 0 aromatic heterocycles. The van der Waals surface area contributed by atoms with Crippen molar-refractivity contribution in [2.45, 2.75) is 44.2 Å². The van der Waals surface area contributed by atoms with Gasteiger partial charge in [0.15, 0.2) is 5.96 Å². The van der Waals surface area contributed by atoms with Gasteiger partial charge in [0, 0.05) is 51.3 Å². The number of rotatable bonds is 4. The van der Waals surface area contributed by atoms with Crippen LogP contribution < -0.4 is 5.32 Å². The average molecular weight is 498 g/mol. The summed E-state index contributed by atoms with van der Waals surface area (Å²) in [6.45, 7) is 6.70. The van der Waals surface area contributed by atoms with Crippen LogP contribution in [-0.4, -0.2) is 73.1 Å². The van der Waals surface area contributed by atoms with Gasteiger partial charge >= 0.3 is 0 Å². The van der Waals surface area contributed by atoms with Crippen molar-refractivity contribution in [3.05, 3.63) is 35.9 Å². The second-order valence-electron chi connectivity index (χ2n) is 7.62. The van der Waals surface area contributed by atoms with E-state index in [4.69, 9.17) is 9.73 Å². The third-order valence-corrected chi connectivity index (χ3v) is 5.74. The molecule has 1 N–H and O–H groups in total. The maximum absolute atomic E-state index is 12.5. The molecule has 2 saturated heterocycles. The number of amides is 1. The molecule has 2 heterocycles. The quantitative estimate of drug-likeness (QED) is 0.394. The molecule has 2 aliphatic heterocycles. The highest BCUT2D eigenvalue weighted by molar-refractivity contribution is 14.0. The van der Waals surface area contributed by atoms with Gasteiger partial charge in [-0.2, -0.15) is 0 Å². The molecule has 0 bridgehead atoms. The molecule has 3 unspecified atom stereocenters. The summed E-state index contributed by atoms with van der Waals surface area (Å²) in [4.78, 5) is 21.5. The molecule has 0 radical (unpaired) electrons. The molecule has 4 rings (SSSR count). The number of nitrogens with one attached hydrogen (secondary N) is 1. The molecule has 6 nitrogen and oxygen atoms in total. The van der Waals surface area contributed by atoms with Gasteiger partial charge in [0.1, 0.15) is 6.10 Å². The SMILES string of the molecule is CCN=C(NC1CC1c1ccccc1)N1CCN(C(=O)C2CCCO2)CC1.I. The Kier molecular flexibility index (Phi) is 7.56. The number of aliphatic imine (C=N–C) groups is 1. The zero-order chi connectivity index (χ0) is 18.6. The number of hydrogen-bond acceptors (Lipinski definition) is 3. The highest BCUT2D eigenvalue weighted by Crippen LogP contribution is 2.40. The molecule has 1 saturated carbocycles. The third kappa shape index (κ3) is 4.97. The van der Waals surface area contributed by atoms with Crippen LogP contribution in [0, 0.1) is 0 Å². The van der Waals surface area contributed by atoms with E-state index in [0.717, 1.165) is 64.6 Å². The lowest BCUT2D eigenvalue weighted by Crippen LogP contribution is -2.55. The molecule has 1 aliphatic carbocycles. The smallest absolute Gasteiger partial charge is 0.251 e. The molecular weight excluding hydrogens is 467 g/mol. The van der Waals surface area contributed by atoms with Crippen LogP contribution in [0.3, 0.4) is 0 Å². The third-order valence-electron chi connectivity index (χ3n) is 5.74. The van der Waals surface area contributed by atoms with Crippen LogP contribution in [0.25, 0.3) is 0 Å². The molecule has 1 aromatic carbocycles. The average Bonchev–Trinajstić information content (AvgIpc) is 3.26. The van der Waals surface area contributed by atoms with E-state index >= 15 is 0 Å². The minimum Gasteiger partial charge on any atom is -0.368 e. The first-order valence-corrected chi connectivity index (χ1v) is 10.3. The van der Waals surface area contributed by atoms with Crippen molar-refractivity contribution >= 4 is 35.8 Å². The molecule has 3 fully saturated rings. The van der Waals surface area contributed by atoms with Gasteiger partial charge in [-0.1, -0.05) is 30.3 Å². The highest BCUT2D eigenvalue weighted by Gasteiger charge is 2.40. The zero-order valence-electron chi connectivity index (χ0n) is 16.5. The van der Waals surface area contributed by atoms with Crippen LogP contribution in [0.4, 0.5) is 0 Å². The van der Waals surface area contributed by atoms with Crippen LogP contribution >= 0.6 is 24.0 Å².